The Morgan fingerprint density at radius 1 is 0.889 bits per heavy atom. The lowest BCUT2D eigenvalue weighted by atomic mass is 9.71. The van der Waals surface area contributed by atoms with Crippen molar-refractivity contribution >= 4 is 13.1 Å². The van der Waals surface area contributed by atoms with Gasteiger partial charge in [-0.05, 0) is 52.9 Å². The van der Waals surface area contributed by atoms with Crippen LogP contribution >= 0.6 is 0 Å². The van der Waals surface area contributed by atoms with Gasteiger partial charge in [0.05, 0.1) is 11.2 Å². The van der Waals surface area contributed by atoms with Crippen molar-refractivity contribution in [2.75, 3.05) is 39.3 Å². The summed E-state index contributed by atoms with van der Waals surface area (Å²) in [7, 11) is -0.207. The van der Waals surface area contributed by atoms with Gasteiger partial charge >= 0.3 is 13.1 Å². The van der Waals surface area contributed by atoms with Crippen molar-refractivity contribution in [1.82, 2.24) is 14.7 Å². The van der Waals surface area contributed by atoms with E-state index in [1.54, 1.807) is 0 Å². The predicted octanol–water partition coefficient (Wildman–Crippen LogP) is 2.69. The number of urea groups is 1. The lowest BCUT2D eigenvalue weighted by molar-refractivity contribution is 0.00578. The molecule has 6 nitrogen and oxygen atoms in total. The molecular weight excluding hydrogens is 341 g/mol. The third-order valence-corrected chi connectivity index (χ3v) is 7.22. The second-order valence-electron chi connectivity index (χ2n) is 10.2. The molecule has 0 aromatic carbocycles. The molecule has 4 aliphatic rings. The van der Waals surface area contributed by atoms with E-state index < -0.39 is 0 Å². The highest BCUT2D eigenvalue weighted by atomic mass is 16.7. The van der Waals surface area contributed by atoms with Crippen molar-refractivity contribution in [3.05, 3.63) is 0 Å². The number of nitrogens with zero attached hydrogens (tertiary/aromatic N) is 3. The van der Waals surface area contributed by atoms with Gasteiger partial charge in [-0.1, -0.05) is 6.92 Å². The molecule has 0 bridgehead atoms. The van der Waals surface area contributed by atoms with E-state index in [0.29, 0.717) is 5.92 Å². The molecule has 7 heteroatoms. The Hall–Kier alpha value is -0.785. The van der Waals surface area contributed by atoms with Crippen LogP contribution in [-0.2, 0) is 9.31 Å². The van der Waals surface area contributed by atoms with E-state index in [4.69, 9.17) is 9.31 Å². The molecule has 27 heavy (non-hydrogen) atoms. The van der Waals surface area contributed by atoms with Crippen molar-refractivity contribution in [1.29, 1.82) is 0 Å². The van der Waals surface area contributed by atoms with Gasteiger partial charge in [0.1, 0.15) is 0 Å². The highest BCUT2D eigenvalue weighted by Crippen LogP contribution is 2.42. The molecule has 0 N–H and O–H groups in total. The van der Waals surface area contributed by atoms with Crippen LogP contribution in [0.4, 0.5) is 4.79 Å². The Bertz CT molecular complexity index is 565. The summed E-state index contributed by atoms with van der Waals surface area (Å²) < 4.78 is 12.5. The van der Waals surface area contributed by atoms with Gasteiger partial charge < -0.3 is 19.1 Å². The van der Waals surface area contributed by atoms with Crippen LogP contribution < -0.4 is 0 Å². The highest BCUT2D eigenvalue weighted by molar-refractivity contribution is 6.47. The standard InChI is InChI=1S/C20H36BN3O3/c1-15-12-22(17-6-7-17)10-11-24(13-15)18(25)23-9-8-16(14-23)21-26-19(2,3)20(4,5)27-21/h15-17H,6-14H2,1-5H3. The number of amides is 2. The fourth-order valence-electron chi connectivity index (χ4n) is 4.68. The highest BCUT2D eigenvalue weighted by Gasteiger charge is 2.55. The zero-order valence-electron chi connectivity index (χ0n) is 17.7. The maximum Gasteiger partial charge on any atom is 0.463 e. The summed E-state index contributed by atoms with van der Waals surface area (Å²) in [5.74, 6) is 0.806. The van der Waals surface area contributed by atoms with Crippen molar-refractivity contribution in [2.45, 2.75) is 76.9 Å². The molecule has 0 radical (unpaired) electrons. The molecule has 1 aliphatic carbocycles. The maximum absolute atomic E-state index is 13.2. The number of carbonyl (C=O) groups is 1. The van der Waals surface area contributed by atoms with Gasteiger partial charge in [-0.25, -0.2) is 4.79 Å². The van der Waals surface area contributed by atoms with Crippen LogP contribution in [-0.4, -0.2) is 84.4 Å². The van der Waals surface area contributed by atoms with Crippen LogP contribution in [0.3, 0.4) is 0 Å². The summed E-state index contributed by atoms with van der Waals surface area (Å²) in [5.41, 5.74) is -0.608. The van der Waals surface area contributed by atoms with Crippen LogP contribution in [0, 0.1) is 5.92 Å². The Kier molecular flexibility index (Phi) is 5.01. The fraction of sp³-hybridized carbons (Fsp3) is 0.950. The van der Waals surface area contributed by atoms with E-state index in [-0.39, 0.29) is 30.2 Å². The van der Waals surface area contributed by atoms with E-state index in [1.165, 1.54) is 12.8 Å². The second-order valence-corrected chi connectivity index (χ2v) is 10.2. The van der Waals surface area contributed by atoms with E-state index in [9.17, 15) is 4.79 Å². The van der Waals surface area contributed by atoms with E-state index in [1.807, 2.05) is 4.90 Å². The largest absolute Gasteiger partial charge is 0.463 e. The summed E-state index contributed by atoms with van der Waals surface area (Å²) in [6, 6.07) is 0.987. The van der Waals surface area contributed by atoms with Gasteiger partial charge in [-0.15, -0.1) is 0 Å². The van der Waals surface area contributed by atoms with Crippen LogP contribution in [0.1, 0.15) is 53.9 Å². The summed E-state index contributed by atoms with van der Waals surface area (Å²) in [4.78, 5) is 19.9. The summed E-state index contributed by atoms with van der Waals surface area (Å²) in [5, 5.41) is 0. The SMILES string of the molecule is CC1CN(C(=O)N2CCC(B3OC(C)(C)C(C)(C)O3)C2)CCN(C2CC2)C1. The number of likely N-dealkylation sites (tertiary alicyclic amines) is 1. The molecule has 4 rings (SSSR count). The Labute approximate surface area is 164 Å². The minimum absolute atomic E-state index is 0.207. The molecule has 0 aromatic heterocycles. The van der Waals surface area contributed by atoms with Gasteiger partial charge in [0, 0.05) is 51.1 Å². The first-order valence-corrected chi connectivity index (χ1v) is 10.8. The quantitative estimate of drug-likeness (QED) is 0.695. The molecule has 3 saturated heterocycles. The Morgan fingerprint density at radius 2 is 1.52 bits per heavy atom. The summed E-state index contributed by atoms with van der Waals surface area (Å²) in [6.45, 7) is 16.1. The smallest absolute Gasteiger partial charge is 0.403 e. The van der Waals surface area contributed by atoms with Gasteiger partial charge in [-0.3, -0.25) is 4.90 Å². The third kappa shape index (κ3) is 3.88. The molecule has 2 unspecified atom stereocenters. The molecule has 3 aliphatic heterocycles. The number of hydrogen-bond donors (Lipinski definition) is 0. The van der Waals surface area contributed by atoms with Gasteiger partial charge in [-0.2, -0.15) is 0 Å². The molecule has 2 amide bonds. The van der Waals surface area contributed by atoms with E-state index >= 15 is 0 Å². The zero-order valence-corrected chi connectivity index (χ0v) is 17.7. The van der Waals surface area contributed by atoms with Gasteiger partial charge in [0.15, 0.2) is 0 Å². The van der Waals surface area contributed by atoms with Crippen molar-refractivity contribution in [3.8, 4) is 0 Å². The lowest BCUT2D eigenvalue weighted by Gasteiger charge is -2.32. The van der Waals surface area contributed by atoms with E-state index in [2.05, 4.69) is 44.4 Å². The van der Waals surface area contributed by atoms with Crippen molar-refractivity contribution in [3.63, 3.8) is 0 Å². The second kappa shape index (κ2) is 6.92. The molecule has 4 fully saturated rings. The van der Waals surface area contributed by atoms with Crippen molar-refractivity contribution < 1.29 is 14.1 Å². The average molecular weight is 377 g/mol. The molecule has 0 aromatic rings. The molecule has 3 heterocycles. The number of rotatable bonds is 2. The van der Waals surface area contributed by atoms with Crippen LogP contribution in [0.25, 0.3) is 0 Å². The van der Waals surface area contributed by atoms with Crippen LogP contribution in [0.15, 0.2) is 0 Å². The minimum atomic E-state index is -0.304. The fourth-order valence-corrected chi connectivity index (χ4v) is 4.68. The third-order valence-electron chi connectivity index (χ3n) is 7.22. The number of hydrogen-bond acceptors (Lipinski definition) is 4. The average Bonchev–Trinajstić information content (AvgIpc) is 3.29. The molecule has 1 saturated carbocycles. The monoisotopic (exact) mass is 377 g/mol. The first kappa shape index (κ1) is 19.5. The normalized spacial score (nSPS) is 34.2. The molecule has 152 valence electrons. The van der Waals surface area contributed by atoms with Gasteiger partial charge in [0.2, 0.25) is 0 Å². The molecule has 0 spiro atoms. The maximum atomic E-state index is 13.2. The lowest BCUT2D eigenvalue weighted by Crippen LogP contribution is -2.45. The summed E-state index contributed by atoms with van der Waals surface area (Å²) >= 11 is 0. The predicted molar refractivity (Wildman–Crippen MR) is 107 cm³/mol. The van der Waals surface area contributed by atoms with Crippen LogP contribution in [0.2, 0.25) is 5.82 Å². The zero-order chi connectivity index (χ0) is 19.4. The summed E-state index contributed by atoms with van der Waals surface area (Å²) in [6.07, 6.45) is 3.63. The number of carbonyl (C=O) groups excluding carboxylic acids is 1. The minimum Gasteiger partial charge on any atom is -0.403 e. The topological polar surface area (TPSA) is 45.3 Å². The van der Waals surface area contributed by atoms with Crippen LogP contribution in [0.5, 0.6) is 0 Å². The van der Waals surface area contributed by atoms with E-state index in [0.717, 1.165) is 51.7 Å². The first-order valence-electron chi connectivity index (χ1n) is 10.8. The molecule has 2 atom stereocenters. The molecular formula is C20H36BN3O3. The Balaban J connectivity index is 1.34. The van der Waals surface area contributed by atoms with Gasteiger partial charge in [0.25, 0.3) is 0 Å². The van der Waals surface area contributed by atoms with Crippen molar-refractivity contribution in [2.24, 2.45) is 5.92 Å². The first-order chi connectivity index (χ1) is 12.7. The Morgan fingerprint density at radius 3 is 2.15 bits per heavy atom.